The summed E-state index contributed by atoms with van der Waals surface area (Å²) in [5.41, 5.74) is 0. The summed E-state index contributed by atoms with van der Waals surface area (Å²) in [6.45, 7) is -0.930. The summed E-state index contributed by atoms with van der Waals surface area (Å²) in [6, 6.07) is 0. The second-order valence-electron chi connectivity index (χ2n) is 5.08. The van der Waals surface area contributed by atoms with Gasteiger partial charge in [-0.15, -0.1) is 0 Å². The number of hydrogen-bond donors (Lipinski definition) is 7. The van der Waals surface area contributed by atoms with E-state index in [0.29, 0.717) is 0 Å². The molecule has 10 nitrogen and oxygen atoms in total. The standard InChI is InChI=1S/C11H20O10/c12-1-4-6(15)7(16)9(18)11(20-4)21-10-8(17)5(14)3(13)2-19-10/h3-18H,1-2H2/t3-,4-,5-,6-,7+,8+,9+,10?,11?/m0/s1. The van der Waals surface area contributed by atoms with Gasteiger partial charge in [-0.05, 0) is 0 Å². The number of ether oxygens (including phenoxy) is 3. The van der Waals surface area contributed by atoms with E-state index in [0.717, 1.165) is 0 Å². The normalized spacial score (nSPS) is 51.9. The largest absolute Gasteiger partial charge is 0.394 e. The highest BCUT2D eigenvalue weighted by Gasteiger charge is 2.47. The molecule has 2 heterocycles. The van der Waals surface area contributed by atoms with Crippen LogP contribution in [-0.2, 0) is 14.2 Å². The molecule has 0 aromatic rings. The van der Waals surface area contributed by atoms with Crippen molar-refractivity contribution in [3.8, 4) is 0 Å². The van der Waals surface area contributed by atoms with E-state index in [1.165, 1.54) is 0 Å². The maximum Gasteiger partial charge on any atom is 0.189 e. The van der Waals surface area contributed by atoms with Crippen molar-refractivity contribution in [2.24, 2.45) is 0 Å². The van der Waals surface area contributed by atoms with Gasteiger partial charge in [-0.25, -0.2) is 0 Å². The van der Waals surface area contributed by atoms with E-state index < -0.39 is 61.9 Å². The van der Waals surface area contributed by atoms with Crippen molar-refractivity contribution in [1.82, 2.24) is 0 Å². The molecule has 9 atom stereocenters. The zero-order chi connectivity index (χ0) is 15.7. The topological polar surface area (TPSA) is 169 Å². The van der Waals surface area contributed by atoms with Crippen LogP contribution in [0.2, 0.25) is 0 Å². The fourth-order valence-corrected chi connectivity index (χ4v) is 2.21. The first-order chi connectivity index (χ1) is 9.86. The highest BCUT2D eigenvalue weighted by molar-refractivity contribution is 4.90. The van der Waals surface area contributed by atoms with E-state index >= 15 is 0 Å². The molecule has 2 saturated heterocycles. The average Bonchev–Trinajstić information content (AvgIpc) is 2.48. The molecule has 10 heteroatoms. The van der Waals surface area contributed by atoms with Crippen LogP contribution in [0.5, 0.6) is 0 Å². The summed E-state index contributed by atoms with van der Waals surface area (Å²) in [4.78, 5) is 0. The highest BCUT2D eigenvalue weighted by Crippen LogP contribution is 2.25. The van der Waals surface area contributed by atoms with Crippen molar-refractivity contribution in [2.75, 3.05) is 13.2 Å². The third kappa shape index (κ3) is 3.35. The van der Waals surface area contributed by atoms with Crippen LogP contribution in [0.4, 0.5) is 0 Å². The minimum absolute atomic E-state index is 0.305. The van der Waals surface area contributed by atoms with Gasteiger partial charge in [0.15, 0.2) is 12.6 Å². The second kappa shape index (κ2) is 6.79. The van der Waals surface area contributed by atoms with Gasteiger partial charge < -0.3 is 50.0 Å². The van der Waals surface area contributed by atoms with Gasteiger partial charge in [0.05, 0.1) is 13.2 Å². The number of rotatable bonds is 3. The van der Waals surface area contributed by atoms with Crippen molar-refractivity contribution in [3.63, 3.8) is 0 Å². The Morgan fingerprint density at radius 2 is 1.43 bits per heavy atom. The molecule has 2 unspecified atom stereocenters. The summed E-state index contributed by atoms with van der Waals surface area (Å²) in [5, 5.41) is 66.5. The smallest absolute Gasteiger partial charge is 0.189 e. The third-order valence-electron chi connectivity index (χ3n) is 3.57. The predicted octanol–water partition coefficient (Wildman–Crippen LogP) is -4.76. The molecule has 2 aliphatic rings. The highest BCUT2D eigenvalue weighted by atomic mass is 16.8. The molecule has 0 spiro atoms. The van der Waals surface area contributed by atoms with Crippen molar-refractivity contribution in [1.29, 1.82) is 0 Å². The molecule has 0 amide bonds. The van der Waals surface area contributed by atoms with Gasteiger partial charge in [-0.3, -0.25) is 0 Å². The molecule has 0 saturated carbocycles. The fourth-order valence-electron chi connectivity index (χ4n) is 2.21. The van der Waals surface area contributed by atoms with E-state index in [9.17, 15) is 30.6 Å². The molecule has 2 fully saturated rings. The Bertz CT molecular complexity index is 339. The molecule has 2 aliphatic heterocycles. The molecule has 21 heavy (non-hydrogen) atoms. The van der Waals surface area contributed by atoms with E-state index in [-0.39, 0.29) is 6.61 Å². The Labute approximate surface area is 119 Å². The quantitative estimate of drug-likeness (QED) is 0.268. The van der Waals surface area contributed by atoms with Crippen LogP contribution >= 0.6 is 0 Å². The lowest BCUT2D eigenvalue weighted by atomic mass is 9.99. The fraction of sp³-hybridized carbons (Fsp3) is 1.00. The van der Waals surface area contributed by atoms with Gasteiger partial charge in [0.2, 0.25) is 0 Å². The van der Waals surface area contributed by atoms with Gasteiger partial charge in [0, 0.05) is 0 Å². The van der Waals surface area contributed by atoms with E-state index in [4.69, 9.17) is 19.3 Å². The van der Waals surface area contributed by atoms with Crippen molar-refractivity contribution in [2.45, 2.75) is 55.3 Å². The Balaban J connectivity index is 2.01. The first-order valence-electron chi connectivity index (χ1n) is 6.48. The van der Waals surface area contributed by atoms with Crippen molar-refractivity contribution < 1.29 is 50.0 Å². The monoisotopic (exact) mass is 312 g/mol. The summed E-state index contributed by atoms with van der Waals surface area (Å²) in [5.74, 6) is 0. The van der Waals surface area contributed by atoms with Crippen molar-refractivity contribution >= 4 is 0 Å². The summed E-state index contributed by atoms with van der Waals surface area (Å²) >= 11 is 0. The van der Waals surface area contributed by atoms with E-state index in [2.05, 4.69) is 0 Å². The lowest BCUT2D eigenvalue weighted by Gasteiger charge is -2.42. The van der Waals surface area contributed by atoms with Crippen LogP contribution in [0.25, 0.3) is 0 Å². The van der Waals surface area contributed by atoms with Gasteiger partial charge in [0.1, 0.15) is 42.7 Å². The minimum Gasteiger partial charge on any atom is -0.394 e. The maximum absolute atomic E-state index is 9.77. The summed E-state index contributed by atoms with van der Waals surface area (Å²) < 4.78 is 15.2. The zero-order valence-corrected chi connectivity index (χ0v) is 11.0. The zero-order valence-electron chi connectivity index (χ0n) is 11.0. The molecule has 2 rings (SSSR count). The molecule has 0 aromatic carbocycles. The van der Waals surface area contributed by atoms with Crippen LogP contribution in [0, 0.1) is 0 Å². The van der Waals surface area contributed by atoms with Crippen LogP contribution in [0.15, 0.2) is 0 Å². The average molecular weight is 312 g/mol. The SMILES string of the molecule is OC[C@@H]1OC(OC2OC[C@H](O)[C@H](O)[C@H]2O)[C@H](O)[C@H](O)[C@H]1O. The Morgan fingerprint density at radius 3 is 2.05 bits per heavy atom. The summed E-state index contributed by atoms with van der Waals surface area (Å²) in [6.07, 6.45) is -13.3. The third-order valence-corrected chi connectivity index (χ3v) is 3.57. The molecular weight excluding hydrogens is 292 g/mol. The molecule has 0 radical (unpaired) electrons. The molecule has 0 aliphatic carbocycles. The number of aliphatic hydroxyl groups is 7. The molecule has 0 bridgehead atoms. The molecule has 124 valence electrons. The van der Waals surface area contributed by atoms with Crippen LogP contribution in [-0.4, -0.2) is 104 Å². The van der Waals surface area contributed by atoms with Gasteiger partial charge in [0.25, 0.3) is 0 Å². The van der Waals surface area contributed by atoms with Crippen LogP contribution in [0.1, 0.15) is 0 Å². The van der Waals surface area contributed by atoms with Gasteiger partial charge in [-0.2, -0.15) is 0 Å². The Hall–Kier alpha value is -0.400. The van der Waals surface area contributed by atoms with Gasteiger partial charge in [-0.1, -0.05) is 0 Å². The lowest BCUT2D eigenvalue weighted by Crippen LogP contribution is -2.62. The predicted molar refractivity (Wildman–Crippen MR) is 62.6 cm³/mol. The number of hydrogen-bond acceptors (Lipinski definition) is 10. The van der Waals surface area contributed by atoms with Crippen LogP contribution < -0.4 is 0 Å². The second-order valence-corrected chi connectivity index (χ2v) is 5.08. The molecule has 0 aromatic heterocycles. The molecular formula is C11H20O10. The maximum atomic E-state index is 9.77. The van der Waals surface area contributed by atoms with Crippen molar-refractivity contribution in [3.05, 3.63) is 0 Å². The van der Waals surface area contributed by atoms with E-state index in [1.54, 1.807) is 0 Å². The van der Waals surface area contributed by atoms with E-state index in [1.807, 2.05) is 0 Å². The Kier molecular flexibility index (Phi) is 5.48. The first-order valence-corrected chi connectivity index (χ1v) is 6.48. The Morgan fingerprint density at radius 1 is 0.810 bits per heavy atom. The number of aliphatic hydroxyl groups excluding tert-OH is 7. The first kappa shape index (κ1) is 17.0. The lowest BCUT2D eigenvalue weighted by molar-refractivity contribution is -0.365. The van der Waals surface area contributed by atoms with Crippen LogP contribution in [0.3, 0.4) is 0 Å². The van der Waals surface area contributed by atoms with Gasteiger partial charge >= 0.3 is 0 Å². The minimum atomic E-state index is -1.65. The molecule has 7 N–H and O–H groups in total. The summed E-state index contributed by atoms with van der Waals surface area (Å²) in [7, 11) is 0.